The molecule has 0 aliphatic heterocycles. The molecule has 102 heavy (non-hydrogen) atoms. The van der Waals surface area contributed by atoms with E-state index in [-0.39, 0.29) is 0 Å². The minimum Gasteiger partial charge on any atom is -0.355 e. The van der Waals surface area contributed by atoms with Crippen molar-refractivity contribution in [2.75, 3.05) is 0 Å². The van der Waals surface area contributed by atoms with Crippen LogP contribution in [-0.2, 0) is 0 Å². The highest BCUT2D eigenvalue weighted by Crippen LogP contribution is 2.51. The third-order valence-electron chi connectivity index (χ3n) is 21.2. The lowest BCUT2D eigenvalue weighted by Crippen LogP contribution is -2.14. The molecule has 22 aromatic rings. The third-order valence-corrected chi connectivity index (χ3v) is 21.2. The molecule has 0 fully saturated rings. The zero-order valence-corrected chi connectivity index (χ0v) is 54.9. The quantitative estimate of drug-likeness (QED) is 0.156. The van der Waals surface area contributed by atoms with E-state index in [2.05, 4.69) is 368 Å². The summed E-state index contributed by atoms with van der Waals surface area (Å²) in [5.74, 6) is 1.33. The molecule has 14 aromatic carbocycles. The van der Waals surface area contributed by atoms with E-state index in [0.717, 1.165) is 177 Å². The predicted octanol–water partition coefficient (Wildman–Crippen LogP) is 23.7. The lowest BCUT2D eigenvalue weighted by atomic mass is 9.97. The van der Waals surface area contributed by atoms with E-state index in [1.807, 2.05) is 0 Å². The molecule has 0 radical (unpaired) electrons. The number of rotatable bonds is 9. The van der Waals surface area contributed by atoms with Crippen LogP contribution in [0.15, 0.2) is 340 Å². The second-order valence-corrected chi connectivity index (χ2v) is 26.7. The van der Waals surface area contributed by atoms with Gasteiger partial charge in [0, 0.05) is 104 Å². The van der Waals surface area contributed by atoms with Gasteiger partial charge < -0.3 is 23.3 Å². The number of nitrogens with one attached hydrogen (secondary N) is 1. The fourth-order valence-electron chi connectivity index (χ4n) is 16.9. The first-order chi connectivity index (χ1) is 50.6. The molecule has 22 rings (SSSR count). The van der Waals surface area contributed by atoms with Crippen LogP contribution in [0.2, 0.25) is 0 Å². The van der Waals surface area contributed by atoms with Crippen molar-refractivity contribution in [2.45, 2.75) is 0 Å². The fourth-order valence-corrected chi connectivity index (χ4v) is 16.9. The summed E-state index contributed by atoms with van der Waals surface area (Å²) in [6.07, 6.45) is 0. The third kappa shape index (κ3) is 8.12. The van der Waals surface area contributed by atoms with Crippen LogP contribution in [0.4, 0.5) is 0 Å². The SMILES string of the molecule is c1ccc(-c2cc(-c3c(-n4c5ccccc5c5ccccc54)c(-c4cccc5c6ccccc6n(-c6ccc7[nH]c8ccc(-n9c%10ccccc%10c%10ccccc%109)cc8c7c6)c45)nc(-n4c5ccccc5c5ccccc54)c3-n3c4ccccc4c4ccccc43)nc(-c3ccccc3)n2)cc1. The van der Waals surface area contributed by atoms with E-state index in [4.69, 9.17) is 15.0 Å². The van der Waals surface area contributed by atoms with Gasteiger partial charge >= 0.3 is 0 Å². The largest absolute Gasteiger partial charge is 0.355 e. The number of H-pyrrole nitrogens is 1. The fraction of sp³-hybridized carbons (Fsp3) is 0. The van der Waals surface area contributed by atoms with Gasteiger partial charge in [0.25, 0.3) is 0 Å². The molecule has 0 bridgehead atoms. The maximum Gasteiger partial charge on any atom is 0.163 e. The minimum atomic E-state index is 0.599. The molecule has 0 aliphatic carbocycles. The van der Waals surface area contributed by atoms with Crippen LogP contribution in [0.3, 0.4) is 0 Å². The van der Waals surface area contributed by atoms with Crippen LogP contribution in [0.5, 0.6) is 0 Å². The van der Waals surface area contributed by atoms with Gasteiger partial charge in [-0.2, -0.15) is 0 Å². The maximum atomic E-state index is 6.64. The summed E-state index contributed by atoms with van der Waals surface area (Å²) >= 11 is 0. The Morgan fingerprint density at radius 2 is 0.588 bits per heavy atom. The Labute approximate surface area is 583 Å². The Balaban J connectivity index is 0.946. The monoisotopic (exact) mass is 1300 g/mol. The standard InChI is InChI=1S/C93H57N9/c1-3-26-57(27-4-1)76-56-77(96-92(95-76)58-28-5-2-6-29-58)87-90(100-81-44-19-9-32-63(81)64-33-10-20-45-82(64)100)88(97-93(102-85-48-23-13-36-67(85)68-37-14-24-49-86(68)102)91(87)101-83-46-21-11-34-65(83)66-35-12-22-47-84(66)101)71-40-25-39-70-69-38-15-18-43-80(69)99(89(70)71)60-51-53-75-73(55-60)72-54-59(50-52-74(72)94-75)98-78-41-16-7-30-61(78)62-31-8-17-42-79(62)98/h1-56,94H. The summed E-state index contributed by atoms with van der Waals surface area (Å²) in [5.41, 5.74) is 22.5. The van der Waals surface area contributed by atoms with E-state index in [0.29, 0.717) is 5.82 Å². The average Bonchev–Trinajstić information content (AvgIpc) is 1.44. The van der Waals surface area contributed by atoms with E-state index in [9.17, 15) is 0 Å². The van der Waals surface area contributed by atoms with Gasteiger partial charge in [-0.25, -0.2) is 15.0 Å². The summed E-state index contributed by atoms with van der Waals surface area (Å²) in [4.78, 5) is 22.1. The second-order valence-electron chi connectivity index (χ2n) is 26.7. The van der Waals surface area contributed by atoms with E-state index in [1.165, 1.54) is 21.8 Å². The zero-order valence-electron chi connectivity index (χ0n) is 54.9. The van der Waals surface area contributed by atoms with Gasteiger partial charge in [0.15, 0.2) is 11.6 Å². The Hall–Kier alpha value is -13.9. The number of pyridine rings is 1. The van der Waals surface area contributed by atoms with Crippen LogP contribution in [0, 0.1) is 0 Å². The molecule has 1 N–H and O–H groups in total. The molecule has 0 aliphatic rings. The number of para-hydroxylation sites is 10. The second kappa shape index (κ2) is 21.8. The highest BCUT2D eigenvalue weighted by Gasteiger charge is 2.34. The van der Waals surface area contributed by atoms with Gasteiger partial charge in [0.2, 0.25) is 0 Å². The first-order valence-electron chi connectivity index (χ1n) is 34.8. The topological polar surface area (TPSA) is 79.1 Å². The molecule has 9 nitrogen and oxygen atoms in total. The molecule has 0 unspecified atom stereocenters. The van der Waals surface area contributed by atoms with Gasteiger partial charge in [-0.3, -0.25) is 4.57 Å². The van der Waals surface area contributed by atoms with Crippen molar-refractivity contribution in [2.24, 2.45) is 0 Å². The zero-order chi connectivity index (χ0) is 66.7. The first kappa shape index (κ1) is 56.2. The Morgan fingerprint density at radius 1 is 0.235 bits per heavy atom. The normalized spacial score (nSPS) is 12.1. The minimum absolute atomic E-state index is 0.599. The lowest BCUT2D eigenvalue weighted by molar-refractivity contribution is 1.01. The van der Waals surface area contributed by atoms with Crippen molar-refractivity contribution in [3.05, 3.63) is 340 Å². The molecule has 8 heterocycles. The summed E-state index contributed by atoms with van der Waals surface area (Å²) in [7, 11) is 0. The Kier molecular flexibility index (Phi) is 12.0. The van der Waals surface area contributed by atoms with Crippen LogP contribution >= 0.6 is 0 Å². The number of aromatic amines is 1. The van der Waals surface area contributed by atoms with E-state index < -0.39 is 0 Å². The molecule has 0 saturated carbocycles. The number of fused-ring (bicyclic) bond motifs is 18. The Morgan fingerprint density at radius 3 is 1.05 bits per heavy atom. The van der Waals surface area contributed by atoms with Gasteiger partial charge in [-0.05, 0) is 97.1 Å². The van der Waals surface area contributed by atoms with Crippen molar-refractivity contribution in [3.63, 3.8) is 0 Å². The molecule has 8 aromatic heterocycles. The van der Waals surface area contributed by atoms with Crippen molar-refractivity contribution in [1.29, 1.82) is 0 Å². The molecule has 0 amide bonds. The van der Waals surface area contributed by atoms with E-state index in [1.54, 1.807) is 0 Å². The summed E-state index contributed by atoms with van der Waals surface area (Å²) in [6, 6.07) is 123. The molecule has 9 heteroatoms. The first-order valence-corrected chi connectivity index (χ1v) is 34.8. The maximum absolute atomic E-state index is 6.64. The summed E-state index contributed by atoms with van der Waals surface area (Å²) < 4.78 is 12.3. The Bertz CT molecular complexity index is 6990. The van der Waals surface area contributed by atoms with Crippen LogP contribution in [0.1, 0.15) is 0 Å². The average molecular weight is 1300 g/mol. The van der Waals surface area contributed by atoms with Crippen molar-refractivity contribution >= 4 is 131 Å². The predicted molar refractivity (Wildman–Crippen MR) is 423 cm³/mol. The molecular weight excluding hydrogens is 1240 g/mol. The number of hydrogen-bond donors (Lipinski definition) is 1. The number of nitrogens with zero attached hydrogens (tertiary/aromatic N) is 8. The molecular formula is C93H57N9. The van der Waals surface area contributed by atoms with Crippen LogP contribution in [-0.4, -0.2) is 42.8 Å². The summed E-state index contributed by atoms with van der Waals surface area (Å²) in [5, 5.41) is 13.7. The van der Waals surface area contributed by atoms with Crippen LogP contribution < -0.4 is 0 Å². The highest BCUT2D eigenvalue weighted by atomic mass is 15.2. The molecule has 0 atom stereocenters. The number of aromatic nitrogens is 9. The lowest BCUT2D eigenvalue weighted by Gasteiger charge is -2.26. The van der Waals surface area contributed by atoms with E-state index >= 15 is 0 Å². The smallest absolute Gasteiger partial charge is 0.163 e. The van der Waals surface area contributed by atoms with Gasteiger partial charge in [-0.1, -0.05) is 243 Å². The van der Waals surface area contributed by atoms with Crippen molar-refractivity contribution < 1.29 is 0 Å². The van der Waals surface area contributed by atoms with Gasteiger partial charge in [0.05, 0.1) is 83.5 Å². The highest BCUT2D eigenvalue weighted by molar-refractivity contribution is 6.19. The molecule has 0 spiro atoms. The molecule has 474 valence electrons. The van der Waals surface area contributed by atoms with Crippen molar-refractivity contribution in [1.82, 2.24) is 42.8 Å². The van der Waals surface area contributed by atoms with Crippen molar-refractivity contribution in [3.8, 4) is 73.7 Å². The molecule has 0 saturated heterocycles. The number of hydrogen-bond acceptors (Lipinski definition) is 3. The van der Waals surface area contributed by atoms with Gasteiger partial charge in [-0.15, -0.1) is 0 Å². The number of benzene rings is 14. The summed E-state index contributed by atoms with van der Waals surface area (Å²) in [6.45, 7) is 0. The van der Waals surface area contributed by atoms with Gasteiger partial charge in [0.1, 0.15) is 5.69 Å². The van der Waals surface area contributed by atoms with Crippen LogP contribution in [0.25, 0.3) is 205 Å².